The lowest BCUT2D eigenvalue weighted by Crippen LogP contribution is -2.04. The van der Waals surface area contributed by atoms with Gasteiger partial charge in [0.15, 0.2) is 5.82 Å². The van der Waals surface area contributed by atoms with Gasteiger partial charge in [-0.25, -0.2) is 9.97 Å². The Morgan fingerprint density at radius 1 is 1.05 bits per heavy atom. The zero-order valence-electron chi connectivity index (χ0n) is 11.0. The van der Waals surface area contributed by atoms with Crippen LogP contribution in [0.25, 0.3) is 11.4 Å². The van der Waals surface area contributed by atoms with E-state index in [1.54, 1.807) is 0 Å². The van der Waals surface area contributed by atoms with Crippen molar-refractivity contribution in [3.8, 4) is 11.4 Å². The first kappa shape index (κ1) is 14.5. The van der Waals surface area contributed by atoms with Crippen LogP contribution in [0.4, 0.5) is 5.82 Å². The first-order valence-corrected chi connectivity index (χ1v) is 7.62. The second-order valence-electron chi connectivity index (χ2n) is 4.51. The molecule has 19 heavy (non-hydrogen) atoms. The van der Waals surface area contributed by atoms with Crippen LogP contribution in [0.3, 0.4) is 0 Å². The number of halogens is 2. The average molecular weight is 385 g/mol. The Kier molecular flexibility index (Phi) is 4.58. The molecule has 100 valence electrons. The summed E-state index contributed by atoms with van der Waals surface area (Å²) in [5, 5.41) is 3.10. The molecule has 0 fully saturated rings. The summed E-state index contributed by atoms with van der Waals surface area (Å²) in [6, 6.07) is 8.01. The number of hydrogen-bond donors (Lipinski definition) is 1. The topological polar surface area (TPSA) is 37.8 Å². The highest BCUT2D eigenvalue weighted by Crippen LogP contribution is 2.31. The molecule has 1 N–H and O–H groups in total. The summed E-state index contributed by atoms with van der Waals surface area (Å²) in [5.41, 5.74) is 2.02. The third kappa shape index (κ3) is 3.15. The molecule has 0 atom stereocenters. The maximum atomic E-state index is 4.67. The number of hydrogen-bond acceptors (Lipinski definition) is 3. The Morgan fingerprint density at radius 3 is 2.21 bits per heavy atom. The van der Waals surface area contributed by atoms with Crippen molar-refractivity contribution in [2.24, 2.45) is 0 Å². The van der Waals surface area contributed by atoms with Crippen LogP contribution in [0, 0.1) is 0 Å². The van der Waals surface area contributed by atoms with E-state index in [-0.39, 0.29) is 0 Å². The van der Waals surface area contributed by atoms with Crippen LogP contribution in [0.2, 0.25) is 0 Å². The van der Waals surface area contributed by atoms with E-state index >= 15 is 0 Å². The van der Waals surface area contributed by atoms with Gasteiger partial charge in [0.25, 0.3) is 0 Å². The molecule has 1 aromatic heterocycles. The van der Waals surface area contributed by atoms with Crippen LogP contribution in [0.15, 0.2) is 33.2 Å². The molecule has 1 aromatic carbocycles. The minimum atomic E-state index is 0.332. The fraction of sp³-hybridized carbons (Fsp3) is 0.286. The molecule has 0 saturated carbocycles. The van der Waals surface area contributed by atoms with Gasteiger partial charge < -0.3 is 5.32 Å². The number of nitrogens with zero attached hydrogens (tertiary/aromatic N) is 2. The number of nitrogens with one attached hydrogen (secondary N) is 1. The summed E-state index contributed by atoms with van der Waals surface area (Å²) in [4.78, 5) is 9.22. The SMILES string of the molecule is CNc1nc(-c2ccc(Br)cc2)nc(C(C)C)c1Br. The molecule has 0 unspecified atom stereocenters. The van der Waals surface area contributed by atoms with Gasteiger partial charge in [-0.3, -0.25) is 0 Å². The minimum Gasteiger partial charge on any atom is -0.372 e. The fourth-order valence-corrected chi connectivity index (χ4v) is 2.84. The van der Waals surface area contributed by atoms with Crippen molar-refractivity contribution in [3.63, 3.8) is 0 Å². The zero-order valence-corrected chi connectivity index (χ0v) is 14.2. The van der Waals surface area contributed by atoms with E-state index < -0.39 is 0 Å². The zero-order chi connectivity index (χ0) is 14.0. The summed E-state index contributed by atoms with van der Waals surface area (Å²) < 4.78 is 1.98. The lowest BCUT2D eigenvalue weighted by Gasteiger charge is -2.13. The van der Waals surface area contributed by atoms with E-state index in [0.29, 0.717) is 5.92 Å². The van der Waals surface area contributed by atoms with E-state index in [9.17, 15) is 0 Å². The van der Waals surface area contributed by atoms with E-state index in [4.69, 9.17) is 0 Å². The Labute approximate surface area is 130 Å². The van der Waals surface area contributed by atoms with Crippen molar-refractivity contribution in [1.82, 2.24) is 9.97 Å². The van der Waals surface area contributed by atoms with Gasteiger partial charge in [0, 0.05) is 17.1 Å². The highest BCUT2D eigenvalue weighted by Gasteiger charge is 2.15. The summed E-state index contributed by atoms with van der Waals surface area (Å²) in [6.45, 7) is 4.25. The van der Waals surface area contributed by atoms with E-state index in [0.717, 1.165) is 31.8 Å². The molecule has 3 nitrogen and oxygen atoms in total. The summed E-state index contributed by atoms with van der Waals surface area (Å²) in [6.07, 6.45) is 0. The van der Waals surface area contributed by atoms with Crippen molar-refractivity contribution in [2.75, 3.05) is 12.4 Å². The molecule has 0 bridgehead atoms. The first-order valence-electron chi connectivity index (χ1n) is 6.04. The van der Waals surface area contributed by atoms with Crippen LogP contribution < -0.4 is 5.32 Å². The third-order valence-corrected chi connectivity index (χ3v) is 4.07. The van der Waals surface area contributed by atoms with Crippen molar-refractivity contribution in [2.45, 2.75) is 19.8 Å². The summed E-state index contributed by atoms with van der Waals surface area (Å²) >= 11 is 7.00. The maximum absolute atomic E-state index is 4.67. The average Bonchev–Trinajstić information content (AvgIpc) is 2.39. The largest absolute Gasteiger partial charge is 0.372 e. The molecule has 0 radical (unpaired) electrons. The van der Waals surface area contributed by atoms with Crippen LogP contribution in [-0.4, -0.2) is 17.0 Å². The second-order valence-corrected chi connectivity index (χ2v) is 6.22. The van der Waals surface area contributed by atoms with Gasteiger partial charge in [-0.2, -0.15) is 0 Å². The normalized spacial score (nSPS) is 10.8. The van der Waals surface area contributed by atoms with Crippen LogP contribution in [0.1, 0.15) is 25.5 Å². The summed E-state index contributed by atoms with van der Waals surface area (Å²) in [7, 11) is 1.86. The molecule has 0 aliphatic heterocycles. The molecule has 2 aromatic rings. The predicted molar refractivity (Wildman–Crippen MR) is 86.5 cm³/mol. The Morgan fingerprint density at radius 2 is 1.68 bits per heavy atom. The van der Waals surface area contributed by atoms with Crippen molar-refractivity contribution < 1.29 is 0 Å². The second kappa shape index (κ2) is 6.01. The molecule has 0 saturated heterocycles. The van der Waals surface area contributed by atoms with Gasteiger partial charge in [0.1, 0.15) is 5.82 Å². The number of aromatic nitrogens is 2. The molecule has 0 aliphatic rings. The van der Waals surface area contributed by atoms with Crippen LogP contribution in [0.5, 0.6) is 0 Å². The number of benzene rings is 1. The van der Waals surface area contributed by atoms with Crippen LogP contribution >= 0.6 is 31.9 Å². The fourth-order valence-electron chi connectivity index (χ4n) is 1.74. The number of rotatable bonds is 3. The van der Waals surface area contributed by atoms with E-state index in [2.05, 4.69) is 61.0 Å². The van der Waals surface area contributed by atoms with Crippen LogP contribution in [-0.2, 0) is 0 Å². The Balaban J connectivity index is 2.57. The van der Waals surface area contributed by atoms with Crippen molar-refractivity contribution in [1.29, 1.82) is 0 Å². The van der Waals surface area contributed by atoms with Crippen molar-refractivity contribution in [3.05, 3.63) is 38.9 Å². The van der Waals surface area contributed by atoms with E-state index in [1.807, 2.05) is 31.3 Å². The van der Waals surface area contributed by atoms with Gasteiger partial charge in [-0.15, -0.1) is 0 Å². The molecule has 2 rings (SSSR count). The molecular formula is C14H15Br2N3. The number of anilines is 1. The maximum Gasteiger partial charge on any atom is 0.161 e. The van der Waals surface area contributed by atoms with Gasteiger partial charge in [-0.05, 0) is 34.0 Å². The highest BCUT2D eigenvalue weighted by molar-refractivity contribution is 9.11. The molecule has 0 aliphatic carbocycles. The van der Waals surface area contributed by atoms with Crippen molar-refractivity contribution >= 4 is 37.7 Å². The molecule has 0 spiro atoms. The van der Waals surface area contributed by atoms with Gasteiger partial charge in [-0.1, -0.05) is 41.9 Å². The van der Waals surface area contributed by atoms with Gasteiger partial charge in [0.2, 0.25) is 0 Å². The summed E-state index contributed by atoms with van der Waals surface area (Å²) in [5.74, 6) is 1.89. The lowest BCUT2D eigenvalue weighted by atomic mass is 10.1. The van der Waals surface area contributed by atoms with E-state index in [1.165, 1.54) is 0 Å². The van der Waals surface area contributed by atoms with Gasteiger partial charge >= 0.3 is 0 Å². The lowest BCUT2D eigenvalue weighted by molar-refractivity contribution is 0.810. The Bertz CT molecular complexity index is 580. The third-order valence-electron chi connectivity index (χ3n) is 2.76. The molecule has 1 heterocycles. The Hall–Kier alpha value is -0.940. The molecular weight excluding hydrogens is 370 g/mol. The molecule has 0 amide bonds. The van der Waals surface area contributed by atoms with Gasteiger partial charge in [0.05, 0.1) is 10.2 Å². The monoisotopic (exact) mass is 383 g/mol. The predicted octanol–water partition coefficient (Wildman–Crippen LogP) is 4.83. The first-order chi connectivity index (χ1) is 9.02. The standard InChI is InChI=1S/C14H15Br2N3/c1-8(2)12-11(16)14(17-3)19-13(18-12)9-4-6-10(15)7-5-9/h4-8H,1-3H3,(H,17,18,19). The minimum absolute atomic E-state index is 0.332. The quantitative estimate of drug-likeness (QED) is 0.823. The molecule has 5 heteroatoms. The smallest absolute Gasteiger partial charge is 0.161 e. The highest BCUT2D eigenvalue weighted by atomic mass is 79.9.